The van der Waals surface area contributed by atoms with Crippen LogP contribution in [-0.2, 0) is 16.1 Å². The van der Waals surface area contributed by atoms with Gasteiger partial charge in [0.1, 0.15) is 0 Å². The highest BCUT2D eigenvalue weighted by atomic mass is 16.5. The number of hydrogen-bond donors (Lipinski definition) is 1. The average molecular weight is 398 g/mol. The van der Waals surface area contributed by atoms with Crippen LogP contribution in [0.15, 0.2) is 35.4 Å². The number of nitrogens with one attached hydrogen (secondary N) is 1. The van der Waals surface area contributed by atoms with Gasteiger partial charge in [0.25, 0.3) is 5.56 Å². The van der Waals surface area contributed by atoms with Gasteiger partial charge in [-0.2, -0.15) is 0 Å². The summed E-state index contributed by atoms with van der Waals surface area (Å²) in [6.07, 6.45) is 7.13. The monoisotopic (exact) mass is 397 g/mol. The number of hydrogen-bond acceptors (Lipinski definition) is 4. The number of ether oxygens (including phenoxy) is 1. The van der Waals surface area contributed by atoms with Crippen molar-refractivity contribution in [3.8, 4) is 0 Å². The van der Waals surface area contributed by atoms with Gasteiger partial charge in [0.05, 0.1) is 22.8 Å². The molecule has 6 nitrogen and oxygen atoms in total. The van der Waals surface area contributed by atoms with Gasteiger partial charge in [-0.3, -0.25) is 14.2 Å². The summed E-state index contributed by atoms with van der Waals surface area (Å²) in [5.74, 6) is 0.695. The molecule has 1 aromatic heterocycles. The molecule has 1 N–H and O–H groups in total. The fraction of sp³-hybridized carbons (Fsp3) is 0.609. The lowest BCUT2D eigenvalue weighted by molar-refractivity contribution is -0.129. The average Bonchev–Trinajstić information content (AvgIpc) is 2.70. The molecule has 1 saturated heterocycles. The maximum atomic E-state index is 12.7. The van der Waals surface area contributed by atoms with Crippen LogP contribution in [-0.4, -0.2) is 33.7 Å². The third-order valence-corrected chi connectivity index (χ3v) is 6.45. The van der Waals surface area contributed by atoms with E-state index in [0.717, 1.165) is 44.0 Å². The molecule has 0 radical (unpaired) electrons. The third kappa shape index (κ3) is 4.69. The molecular weight excluding hydrogens is 366 g/mol. The first kappa shape index (κ1) is 20.1. The van der Waals surface area contributed by atoms with Gasteiger partial charge in [-0.25, -0.2) is 4.98 Å². The number of amides is 1. The van der Waals surface area contributed by atoms with E-state index >= 15 is 0 Å². The van der Waals surface area contributed by atoms with Crippen LogP contribution < -0.4 is 10.9 Å². The summed E-state index contributed by atoms with van der Waals surface area (Å²) in [6, 6.07) is 7.68. The molecule has 0 bridgehead atoms. The predicted octanol–water partition coefficient (Wildman–Crippen LogP) is 3.28. The molecule has 6 heteroatoms. The summed E-state index contributed by atoms with van der Waals surface area (Å²) >= 11 is 0. The molecule has 1 unspecified atom stereocenters. The van der Waals surface area contributed by atoms with Crippen molar-refractivity contribution in [2.45, 2.75) is 70.6 Å². The van der Waals surface area contributed by atoms with Crippen LogP contribution in [0.3, 0.4) is 0 Å². The Labute approximate surface area is 171 Å². The lowest BCUT2D eigenvalue weighted by Crippen LogP contribution is -2.47. The zero-order valence-corrected chi connectivity index (χ0v) is 17.4. The van der Waals surface area contributed by atoms with Crippen LogP contribution in [0.2, 0.25) is 0 Å². The summed E-state index contributed by atoms with van der Waals surface area (Å²) < 4.78 is 7.48. The van der Waals surface area contributed by atoms with Crippen LogP contribution in [0, 0.1) is 11.8 Å². The fourth-order valence-corrected chi connectivity index (χ4v) is 4.80. The topological polar surface area (TPSA) is 73.2 Å². The summed E-state index contributed by atoms with van der Waals surface area (Å²) in [6.45, 7) is 5.55. The largest absolute Gasteiger partial charge is 0.375 e. The van der Waals surface area contributed by atoms with Gasteiger partial charge in [0.2, 0.25) is 5.91 Å². The molecule has 2 aliphatic rings. The highest BCUT2D eigenvalue weighted by Gasteiger charge is 2.32. The van der Waals surface area contributed by atoms with Crippen molar-refractivity contribution >= 4 is 16.8 Å². The van der Waals surface area contributed by atoms with E-state index in [9.17, 15) is 9.59 Å². The molecule has 2 heterocycles. The number of para-hydroxylation sites is 1. The molecular formula is C23H31N3O3. The van der Waals surface area contributed by atoms with E-state index in [-0.39, 0.29) is 29.0 Å². The van der Waals surface area contributed by atoms with E-state index in [1.807, 2.05) is 24.3 Å². The summed E-state index contributed by atoms with van der Waals surface area (Å²) in [7, 11) is 0. The Kier molecular flexibility index (Phi) is 5.72. The Balaban J connectivity index is 1.31. The Hall–Kier alpha value is -2.21. The second-order valence-electron chi connectivity index (χ2n) is 9.24. The molecule has 1 aliphatic heterocycles. The molecule has 0 spiro atoms. The van der Waals surface area contributed by atoms with E-state index in [0.29, 0.717) is 24.5 Å². The molecule has 2 aromatic rings. The second kappa shape index (κ2) is 8.27. The van der Waals surface area contributed by atoms with Crippen molar-refractivity contribution in [3.05, 3.63) is 40.9 Å². The molecule has 4 rings (SSSR count). The van der Waals surface area contributed by atoms with Gasteiger partial charge in [-0.1, -0.05) is 12.1 Å². The van der Waals surface area contributed by atoms with Gasteiger partial charge in [-0.15, -0.1) is 0 Å². The number of carbonyl (C=O) groups is 1. The van der Waals surface area contributed by atoms with E-state index in [2.05, 4.69) is 24.1 Å². The number of aromatic nitrogens is 2. The van der Waals surface area contributed by atoms with Gasteiger partial charge < -0.3 is 10.1 Å². The molecule has 1 atom stereocenters. The van der Waals surface area contributed by atoms with Crippen LogP contribution in [0.25, 0.3) is 10.9 Å². The molecule has 2 fully saturated rings. The lowest BCUT2D eigenvalue weighted by atomic mass is 9.81. The van der Waals surface area contributed by atoms with Crippen molar-refractivity contribution in [2.75, 3.05) is 6.61 Å². The standard InChI is InChI=1S/C23H31N3O3/c1-23(2)13-18(11-12-29-23)25-21(27)17-9-7-16(8-10-17)14-26-15-24-20-6-4-3-5-19(20)22(26)28/h3-6,15-18H,7-14H2,1-2H3,(H,25,27). The molecule has 1 saturated carbocycles. The highest BCUT2D eigenvalue weighted by molar-refractivity contribution is 5.79. The molecule has 1 aromatic carbocycles. The first-order chi connectivity index (χ1) is 13.9. The quantitative estimate of drug-likeness (QED) is 0.859. The van der Waals surface area contributed by atoms with Gasteiger partial charge >= 0.3 is 0 Å². The zero-order chi connectivity index (χ0) is 20.4. The zero-order valence-electron chi connectivity index (χ0n) is 17.4. The van der Waals surface area contributed by atoms with E-state index < -0.39 is 0 Å². The first-order valence-electron chi connectivity index (χ1n) is 10.8. The van der Waals surface area contributed by atoms with Crippen LogP contribution in [0.4, 0.5) is 0 Å². The third-order valence-electron chi connectivity index (χ3n) is 6.45. The maximum Gasteiger partial charge on any atom is 0.261 e. The normalized spacial score (nSPS) is 26.9. The number of benzene rings is 1. The minimum Gasteiger partial charge on any atom is -0.375 e. The minimum absolute atomic E-state index is 0.0256. The molecule has 156 valence electrons. The predicted molar refractivity (Wildman–Crippen MR) is 113 cm³/mol. The van der Waals surface area contributed by atoms with E-state index in [1.165, 1.54) is 0 Å². The Morgan fingerprint density at radius 2 is 1.97 bits per heavy atom. The molecule has 1 amide bonds. The van der Waals surface area contributed by atoms with Crippen LogP contribution in [0.1, 0.15) is 52.4 Å². The smallest absolute Gasteiger partial charge is 0.261 e. The fourth-order valence-electron chi connectivity index (χ4n) is 4.80. The number of rotatable bonds is 4. The van der Waals surface area contributed by atoms with Crippen molar-refractivity contribution in [2.24, 2.45) is 11.8 Å². The van der Waals surface area contributed by atoms with Crippen LogP contribution >= 0.6 is 0 Å². The Morgan fingerprint density at radius 3 is 2.72 bits per heavy atom. The summed E-state index contributed by atoms with van der Waals surface area (Å²) in [5, 5.41) is 3.92. The van der Waals surface area contributed by atoms with Crippen molar-refractivity contribution < 1.29 is 9.53 Å². The van der Waals surface area contributed by atoms with Gasteiger partial charge in [-0.05, 0) is 70.4 Å². The Bertz CT molecular complexity index is 928. The van der Waals surface area contributed by atoms with Crippen molar-refractivity contribution in [3.63, 3.8) is 0 Å². The maximum absolute atomic E-state index is 12.7. The highest BCUT2D eigenvalue weighted by Crippen LogP contribution is 2.31. The summed E-state index contributed by atoms with van der Waals surface area (Å²) in [5.41, 5.74) is 0.609. The SMILES string of the molecule is CC1(C)CC(NC(=O)C2CCC(Cn3cnc4ccccc4c3=O)CC2)CCO1. The second-order valence-corrected chi connectivity index (χ2v) is 9.24. The lowest BCUT2D eigenvalue weighted by Gasteiger charge is -2.37. The van der Waals surface area contributed by atoms with E-state index in [4.69, 9.17) is 4.74 Å². The number of fused-ring (bicyclic) bond motifs is 1. The van der Waals surface area contributed by atoms with Crippen molar-refractivity contribution in [1.29, 1.82) is 0 Å². The summed E-state index contributed by atoms with van der Waals surface area (Å²) in [4.78, 5) is 29.8. The Morgan fingerprint density at radius 1 is 1.21 bits per heavy atom. The first-order valence-corrected chi connectivity index (χ1v) is 10.8. The minimum atomic E-state index is -0.158. The number of nitrogens with zero attached hydrogens (tertiary/aromatic N) is 2. The van der Waals surface area contributed by atoms with Crippen LogP contribution in [0.5, 0.6) is 0 Å². The number of carbonyl (C=O) groups excluding carboxylic acids is 1. The van der Waals surface area contributed by atoms with Crippen molar-refractivity contribution in [1.82, 2.24) is 14.9 Å². The van der Waals surface area contributed by atoms with Gasteiger partial charge in [0, 0.05) is 25.1 Å². The van der Waals surface area contributed by atoms with E-state index in [1.54, 1.807) is 10.9 Å². The molecule has 1 aliphatic carbocycles. The van der Waals surface area contributed by atoms with Gasteiger partial charge in [0.15, 0.2) is 0 Å². The molecule has 29 heavy (non-hydrogen) atoms.